The van der Waals surface area contributed by atoms with Gasteiger partial charge in [0.2, 0.25) is 11.8 Å². The Balaban J connectivity index is 1.13. The standard InChI is InChI=1S/C44H26N4O2/c1-2-10-29(11-3-1)47(30-21-18-27(19-22-30)43-45-36-13-5-8-16-40(36)49-43)31-25-34-32-12-4-7-15-38(32)48-39-23-20-28(24-33(39)35(26-31)42(34)48)44-46-37-14-6-9-17-41(37)50-44/h1-26H. The normalized spacial score (nSPS) is 12.0. The SMILES string of the molecule is c1ccc(N(c2ccc(-c3nc4ccccc4o3)cc2)c2cc3c4ccccc4n4c5ccc(-c6nc7ccccc7o6)cc5c(c2)c34)cc1. The topological polar surface area (TPSA) is 59.7 Å². The van der Waals surface area contributed by atoms with Crippen molar-refractivity contribution in [3.63, 3.8) is 0 Å². The summed E-state index contributed by atoms with van der Waals surface area (Å²) in [6.45, 7) is 0. The number of benzene rings is 7. The minimum atomic E-state index is 0.609. The van der Waals surface area contributed by atoms with Crippen molar-refractivity contribution >= 4 is 77.4 Å². The molecule has 0 saturated heterocycles. The van der Waals surface area contributed by atoms with Gasteiger partial charge in [-0.2, -0.15) is 0 Å². The van der Waals surface area contributed by atoms with Crippen LogP contribution in [0.25, 0.3) is 83.2 Å². The van der Waals surface area contributed by atoms with Crippen molar-refractivity contribution < 1.29 is 8.83 Å². The van der Waals surface area contributed by atoms with Crippen molar-refractivity contribution in [3.8, 4) is 22.9 Å². The summed E-state index contributed by atoms with van der Waals surface area (Å²) in [7, 11) is 0. The number of rotatable bonds is 5. The first-order valence-electron chi connectivity index (χ1n) is 16.7. The van der Waals surface area contributed by atoms with Crippen molar-refractivity contribution in [3.05, 3.63) is 158 Å². The molecular weight excluding hydrogens is 617 g/mol. The van der Waals surface area contributed by atoms with E-state index in [1.165, 1.54) is 27.2 Å². The van der Waals surface area contributed by atoms with Gasteiger partial charge in [0.1, 0.15) is 11.0 Å². The highest BCUT2D eigenvalue weighted by Gasteiger charge is 2.22. The molecule has 6 heteroatoms. The molecule has 0 unspecified atom stereocenters. The Morgan fingerprint density at radius 2 is 0.980 bits per heavy atom. The molecule has 0 N–H and O–H groups in total. The van der Waals surface area contributed by atoms with E-state index < -0.39 is 0 Å². The lowest BCUT2D eigenvalue weighted by Gasteiger charge is -2.26. The molecule has 234 valence electrons. The summed E-state index contributed by atoms with van der Waals surface area (Å²) < 4.78 is 14.7. The predicted octanol–water partition coefficient (Wildman–Crippen LogP) is 11.9. The van der Waals surface area contributed by atoms with Crippen molar-refractivity contribution in [2.75, 3.05) is 4.90 Å². The van der Waals surface area contributed by atoms with Gasteiger partial charge in [0.05, 0.1) is 16.6 Å². The van der Waals surface area contributed by atoms with Crippen molar-refractivity contribution in [2.45, 2.75) is 0 Å². The van der Waals surface area contributed by atoms with Gasteiger partial charge < -0.3 is 18.1 Å². The zero-order chi connectivity index (χ0) is 32.8. The molecule has 0 aliphatic heterocycles. The second kappa shape index (κ2) is 10.3. The van der Waals surface area contributed by atoms with Crippen LogP contribution in [0.3, 0.4) is 0 Å². The monoisotopic (exact) mass is 642 g/mol. The second-order valence-electron chi connectivity index (χ2n) is 12.7. The molecule has 50 heavy (non-hydrogen) atoms. The molecule has 11 rings (SSSR count). The molecule has 6 nitrogen and oxygen atoms in total. The number of hydrogen-bond acceptors (Lipinski definition) is 5. The summed E-state index contributed by atoms with van der Waals surface area (Å²) >= 11 is 0. The first-order chi connectivity index (χ1) is 24.8. The number of nitrogens with zero attached hydrogens (tertiary/aromatic N) is 4. The molecule has 7 aromatic carbocycles. The largest absolute Gasteiger partial charge is 0.436 e. The van der Waals surface area contributed by atoms with E-state index in [2.05, 4.69) is 118 Å². The van der Waals surface area contributed by atoms with E-state index >= 15 is 0 Å². The van der Waals surface area contributed by atoms with Crippen LogP contribution in [0.4, 0.5) is 17.1 Å². The van der Waals surface area contributed by atoms with Gasteiger partial charge in [0.15, 0.2) is 11.2 Å². The zero-order valence-corrected chi connectivity index (χ0v) is 26.6. The van der Waals surface area contributed by atoms with E-state index in [4.69, 9.17) is 18.8 Å². The molecule has 0 aliphatic carbocycles. The third-order valence-corrected chi connectivity index (χ3v) is 9.76. The third-order valence-electron chi connectivity index (χ3n) is 9.76. The van der Waals surface area contributed by atoms with Gasteiger partial charge in [-0.15, -0.1) is 0 Å². The van der Waals surface area contributed by atoms with Gasteiger partial charge in [0.25, 0.3) is 0 Å². The molecular formula is C44H26N4O2. The maximum Gasteiger partial charge on any atom is 0.227 e. The minimum absolute atomic E-state index is 0.609. The third kappa shape index (κ3) is 3.96. The summed E-state index contributed by atoms with van der Waals surface area (Å²) in [5, 5.41) is 4.75. The van der Waals surface area contributed by atoms with Crippen molar-refractivity contribution in [1.29, 1.82) is 0 Å². The fourth-order valence-electron chi connectivity index (χ4n) is 7.52. The summed E-state index contributed by atoms with van der Waals surface area (Å²) in [6.07, 6.45) is 0. The van der Waals surface area contributed by atoms with Gasteiger partial charge in [-0.1, -0.05) is 60.7 Å². The van der Waals surface area contributed by atoms with Gasteiger partial charge >= 0.3 is 0 Å². The summed E-state index contributed by atoms with van der Waals surface area (Å²) in [5.41, 5.74) is 11.8. The van der Waals surface area contributed by atoms with Gasteiger partial charge in [-0.05, 0) is 97.1 Å². The highest BCUT2D eigenvalue weighted by atomic mass is 16.4. The molecule has 0 saturated carbocycles. The number of oxazole rings is 2. The van der Waals surface area contributed by atoms with Crippen LogP contribution in [0.2, 0.25) is 0 Å². The van der Waals surface area contributed by atoms with Crippen LogP contribution in [-0.2, 0) is 0 Å². The fraction of sp³-hybridized carbons (Fsp3) is 0. The van der Waals surface area contributed by atoms with Crippen LogP contribution in [0.1, 0.15) is 0 Å². The molecule has 0 spiro atoms. The molecule has 0 bridgehead atoms. The molecule has 4 aromatic heterocycles. The van der Waals surface area contributed by atoms with E-state index in [1.807, 2.05) is 48.5 Å². The highest BCUT2D eigenvalue weighted by Crippen LogP contribution is 2.45. The van der Waals surface area contributed by atoms with E-state index in [0.29, 0.717) is 11.8 Å². The minimum Gasteiger partial charge on any atom is -0.436 e. The van der Waals surface area contributed by atoms with Crippen LogP contribution >= 0.6 is 0 Å². The van der Waals surface area contributed by atoms with E-state index in [9.17, 15) is 0 Å². The van der Waals surface area contributed by atoms with Gasteiger partial charge in [-0.25, -0.2) is 9.97 Å². The Labute approximate surface area is 285 Å². The van der Waals surface area contributed by atoms with Crippen molar-refractivity contribution in [1.82, 2.24) is 14.4 Å². The maximum absolute atomic E-state index is 6.21. The lowest BCUT2D eigenvalue weighted by molar-refractivity contribution is 0.619. The maximum atomic E-state index is 6.21. The number of fused-ring (bicyclic) bond motifs is 8. The molecule has 0 radical (unpaired) electrons. The van der Waals surface area contributed by atoms with Crippen LogP contribution < -0.4 is 4.90 Å². The number of para-hydroxylation sites is 6. The summed E-state index contributed by atoms with van der Waals surface area (Å²) in [4.78, 5) is 11.9. The first-order valence-corrected chi connectivity index (χ1v) is 16.7. The lowest BCUT2D eigenvalue weighted by Crippen LogP contribution is -2.09. The first kappa shape index (κ1) is 27.1. The number of aromatic nitrogens is 3. The zero-order valence-electron chi connectivity index (χ0n) is 26.6. The Bertz CT molecular complexity index is 2980. The Kier molecular flexibility index (Phi) is 5.57. The quantitative estimate of drug-likeness (QED) is 0.187. The Morgan fingerprint density at radius 3 is 1.70 bits per heavy atom. The van der Waals surface area contributed by atoms with Gasteiger partial charge in [-0.3, -0.25) is 0 Å². The van der Waals surface area contributed by atoms with Crippen LogP contribution in [0, 0.1) is 0 Å². The fourth-order valence-corrected chi connectivity index (χ4v) is 7.52. The molecule has 0 amide bonds. The van der Waals surface area contributed by atoms with Crippen LogP contribution in [0.5, 0.6) is 0 Å². The highest BCUT2D eigenvalue weighted by molar-refractivity contribution is 6.25. The van der Waals surface area contributed by atoms with Crippen molar-refractivity contribution in [2.24, 2.45) is 0 Å². The lowest BCUT2D eigenvalue weighted by atomic mass is 10.0. The Hall–Kier alpha value is -6.92. The summed E-state index contributed by atoms with van der Waals surface area (Å²) in [6, 6.07) is 54.6. The Morgan fingerprint density at radius 1 is 0.420 bits per heavy atom. The number of hydrogen-bond donors (Lipinski definition) is 0. The number of anilines is 3. The van der Waals surface area contributed by atoms with Crippen LogP contribution in [0.15, 0.2) is 167 Å². The average Bonchev–Trinajstić information content (AvgIpc) is 3.95. The molecule has 0 aliphatic rings. The molecule has 0 fully saturated rings. The van der Waals surface area contributed by atoms with E-state index in [-0.39, 0.29) is 0 Å². The van der Waals surface area contributed by atoms with Crippen LogP contribution in [-0.4, -0.2) is 14.4 Å². The molecule has 4 heterocycles. The van der Waals surface area contributed by atoms with E-state index in [0.717, 1.165) is 61.3 Å². The summed E-state index contributed by atoms with van der Waals surface area (Å²) in [5.74, 6) is 1.23. The van der Waals surface area contributed by atoms with Gasteiger partial charge in [0, 0.05) is 49.7 Å². The predicted molar refractivity (Wildman–Crippen MR) is 202 cm³/mol. The smallest absolute Gasteiger partial charge is 0.227 e. The molecule has 11 aromatic rings. The second-order valence-corrected chi connectivity index (χ2v) is 12.7. The molecule has 0 atom stereocenters. The average molecular weight is 643 g/mol. The van der Waals surface area contributed by atoms with E-state index in [1.54, 1.807) is 0 Å².